The highest BCUT2D eigenvalue weighted by Gasteiger charge is 2.29. The van der Waals surface area contributed by atoms with Crippen LogP contribution >= 0.6 is 11.8 Å². The highest BCUT2D eigenvalue weighted by molar-refractivity contribution is 8.00. The fourth-order valence-corrected chi connectivity index (χ4v) is 4.56. The first-order valence-electron chi connectivity index (χ1n) is 10.5. The van der Waals surface area contributed by atoms with Crippen LogP contribution < -0.4 is 4.90 Å². The lowest BCUT2D eigenvalue weighted by molar-refractivity contribution is -0.0328. The average molecular weight is 466 g/mol. The second-order valence-electron chi connectivity index (χ2n) is 8.13. The van der Waals surface area contributed by atoms with Crippen molar-refractivity contribution in [2.45, 2.75) is 16.9 Å². The van der Waals surface area contributed by atoms with Crippen LogP contribution in [-0.4, -0.2) is 84.1 Å². The van der Waals surface area contributed by atoms with E-state index in [4.69, 9.17) is 0 Å². The van der Waals surface area contributed by atoms with Crippen molar-refractivity contribution >= 4 is 23.4 Å². The molecule has 32 heavy (non-hydrogen) atoms. The van der Waals surface area contributed by atoms with Gasteiger partial charge in [-0.2, -0.15) is 13.2 Å². The number of anilines is 1. The van der Waals surface area contributed by atoms with Gasteiger partial charge in [-0.15, -0.1) is 0 Å². The molecule has 0 spiro atoms. The number of piperazine rings is 1. The second kappa shape index (κ2) is 9.68. The van der Waals surface area contributed by atoms with Crippen LogP contribution in [-0.2, 0) is 6.54 Å². The average Bonchev–Trinajstić information content (AvgIpc) is 3.22. The zero-order valence-electron chi connectivity index (χ0n) is 17.9. The van der Waals surface area contributed by atoms with Gasteiger partial charge in [0.25, 0.3) is 5.91 Å². The van der Waals surface area contributed by atoms with Crippen molar-refractivity contribution in [3.63, 3.8) is 0 Å². The smallest absolute Gasteiger partial charge is 0.357 e. The lowest BCUT2D eigenvalue weighted by Crippen LogP contribution is -2.47. The number of likely N-dealkylation sites (N-methyl/N-ethyl adjacent to an activating group) is 1. The molecule has 6 nitrogen and oxygen atoms in total. The monoisotopic (exact) mass is 465 g/mol. The number of rotatable bonds is 5. The largest absolute Gasteiger partial charge is 0.446 e. The van der Waals surface area contributed by atoms with Gasteiger partial charge in [-0.05, 0) is 54.7 Å². The Morgan fingerprint density at radius 3 is 2.44 bits per heavy atom. The number of nitrogens with zero attached hydrogens (tertiary/aromatic N) is 5. The second-order valence-corrected chi connectivity index (χ2v) is 9.27. The molecule has 1 aromatic heterocycles. The zero-order valence-corrected chi connectivity index (χ0v) is 18.7. The van der Waals surface area contributed by atoms with Crippen LogP contribution in [0, 0.1) is 0 Å². The number of halogens is 3. The molecule has 3 heterocycles. The van der Waals surface area contributed by atoms with Crippen molar-refractivity contribution in [1.29, 1.82) is 0 Å². The third-order valence-electron chi connectivity index (χ3n) is 5.82. The number of thioether (sulfide) groups is 1. The van der Waals surface area contributed by atoms with Crippen LogP contribution in [0.4, 0.5) is 18.9 Å². The van der Waals surface area contributed by atoms with E-state index in [1.54, 1.807) is 24.5 Å². The predicted molar refractivity (Wildman–Crippen MR) is 119 cm³/mol. The minimum absolute atomic E-state index is 0.0232. The summed E-state index contributed by atoms with van der Waals surface area (Å²) < 4.78 is 37.6. The summed E-state index contributed by atoms with van der Waals surface area (Å²) in [7, 11) is 2.05. The molecule has 2 saturated heterocycles. The first kappa shape index (κ1) is 22.9. The van der Waals surface area contributed by atoms with E-state index in [0.29, 0.717) is 31.9 Å². The Kier molecular flexibility index (Phi) is 6.92. The molecule has 4 rings (SSSR count). The summed E-state index contributed by atoms with van der Waals surface area (Å²) >= 11 is -0.103. The van der Waals surface area contributed by atoms with Gasteiger partial charge in [0.2, 0.25) is 0 Å². The molecular weight excluding hydrogens is 439 g/mol. The molecule has 172 valence electrons. The standard InChI is InChI=1S/C22H26F3N5OS/c1-27-8-11-29(12-9-27)21(31)20-14-26-7-6-17(20)15-28-10-13-30(16-28)18-2-4-19(5-3-18)32-22(23,24)25/h2-7,14H,8-13,15-16H2,1H3. The van der Waals surface area contributed by atoms with Gasteiger partial charge in [-0.3, -0.25) is 14.7 Å². The molecular formula is C22H26F3N5OS. The van der Waals surface area contributed by atoms with Gasteiger partial charge < -0.3 is 14.7 Å². The van der Waals surface area contributed by atoms with Gasteiger partial charge in [-0.25, -0.2) is 0 Å². The van der Waals surface area contributed by atoms with E-state index in [9.17, 15) is 18.0 Å². The summed E-state index contributed by atoms with van der Waals surface area (Å²) in [6.07, 6.45) is 3.36. The number of aromatic nitrogens is 1. The molecule has 0 bridgehead atoms. The molecule has 2 aromatic rings. The molecule has 1 amide bonds. The Morgan fingerprint density at radius 1 is 1.03 bits per heavy atom. The highest BCUT2D eigenvalue weighted by Crippen LogP contribution is 2.37. The summed E-state index contributed by atoms with van der Waals surface area (Å²) in [6, 6.07) is 8.37. The lowest BCUT2D eigenvalue weighted by Gasteiger charge is -2.33. The first-order chi connectivity index (χ1) is 15.3. The molecule has 1 aromatic carbocycles. The van der Waals surface area contributed by atoms with Gasteiger partial charge in [0.05, 0.1) is 12.2 Å². The third-order valence-corrected chi connectivity index (χ3v) is 6.56. The maximum atomic E-state index is 13.1. The highest BCUT2D eigenvalue weighted by atomic mass is 32.2. The Labute approximate surface area is 190 Å². The van der Waals surface area contributed by atoms with Crippen LogP contribution in [0.15, 0.2) is 47.6 Å². The number of benzene rings is 1. The lowest BCUT2D eigenvalue weighted by atomic mass is 10.1. The zero-order chi connectivity index (χ0) is 22.7. The normalized spacial score (nSPS) is 18.4. The molecule has 2 aliphatic rings. The summed E-state index contributed by atoms with van der Waals surface area (Å²) in [5.41, 5.74) is -1.80. The SMILES string of the molecule is CN1CCN(C(=O)c2cnccc2CN2CCN(c3ccc(SC(F)(F)F)cc3)C2)CC1. The third kappa shape index (κ3) is 5.73. The van der Waals surface area contributed by atoms with Gasteiger partial charge in [-0.1, -0.05) is 0 Å². The van der Waals surface area contributed by atoms with Gasteiger partial charge >= 0.3 is 5.51 Å². The van der Waals surface area contributed by atoms with Crippen LogP contribution in [0.2, 0.25) is 0 Å². The fourth-order valence-electron chi connectivity index (χ4n) is 4.02. The van der Waals surface area contributed by atoms with Gasteiger partial charge in [0, 0.05) is 68.8 Å². The molecule has 2 aliphatic heterocycles. The first-order valence-corrected chi connectivity index (χ1v) is 11.3. The predicted octanol–water partition coefficient (Wildman–Crippen LogP) is 3.36. The van der Waals surface area contributed by atoms with E-state index >= 15 is 0 Å². The van der Waals surface area contributed by atoms with E-state index in [1.165, 1.54) is 12.1 Å². The number of hydrogen-bond donors (Lipinski definition) is 0. The topological polar surface area (TPSA) is 42.9 Å². The van der Waals surface area contributed by atoms with Crippen LogP contribution in [0.5, 0.6) is 0 Å². The van der Waals surface area contributed by atoms with Crippen LogP contribution in [0.1, 0.15) is 15.9 Å². The Hall–Kier alpha value is -2.30. The van der Waals surface area contributed by atoms with Crippen molar-refractivity contribution in [2.75, 3.05) is 57.9 Å². The summed E-state index contributed by atoms with van der Waals surface area (Å²) in [4.78, 5) is 25.9. The molecule has 0 saturated carbocycles. The van der Waals surface area contributed by atoms with Crippen molar-refractivity contribution in [3.05, 3.63) is 53.9 Å². The van der Waals surface area contributed by atoms with E-state index in [1.807, 2.05) is 11.0 Å². The Balaban J connectivity index is 1.38. The maximum absolute atomic E-state index is 13.1. The molecule has 10 heteroatoms. The van der Waals surface area contributed by atoms with Gasteiger partial charge in [0.15, 0.2) is 0 Å². The van der Waals surface area contributed by atoms with Gasteiger partial charge in [0.1, 0.15) is 0 Å². The van der Waals surface area contributed by atoms with E-state index in [-0.39, 0.29) is 22.6 Å². The number of carbonyl (C=O) groups excluding carboxylic acids is 1. The van der Waals surface area contributed by atoms with Crippen molar-refractivity contribution in [3.8, 4) is 0 Å². The Morgan fingerprint density at radius 2 is 1.75 bits per heavy atom. The number of alkyl halides is 3. The number of carbonyl (C=O) groups is 1. The molecule has 2 fully saturated rings. The Bertz CT molecular complexity index is 932. The summed E-state index contributed by atoms with van der Waals surface area (Å²) in [5.74, 6) is 0.0232. The van der Waals surface area contributed by atoms with Crippen molar-refractivity contribution < 1.29 is 18.0 Å². The summed E-state index contributed by atoms with van der Waals surface area (Å²) in [5, 5.41) is 0. The number of hydrogen-bond acceptors (Lipinski definition) is 6. The number of amides is 1. The molecule has 0 radical (unpaired) electrons. The minimum Gasteiger partial charge on any atom is -0.357 e. The van der Waals surface area contributed by atoms with Crippen LogP contribution in [0.3, 0.4) is 0 Å². The molecule has 0 atom stereocenters. The van der Waals surface area contributed by atoms with Crippen molar-refractivity contribution in [1.82, 2.24) is 19.7 Å². The molecule has 0 N–H and O–H groups in total. The molecule has 0 unspecified atom stereocenters. The quantitative estimate of drug-likeness (QED) is 0.631. The minimum atomic E-state index is -4.28. The van der Waals surface area contributed by atoms with E-state index in [2.05, 4.69) is 26.7 Å². The summed E-state index contributed by atoms with van der Waals surface area (Å²) in [6.45, 7) is 6.01. The van der Waals surface area contributed by atoms with Crippen LogP contribution in [0.25, 0.3) is 0 Å². The number of pyridine rings is 1. The van der Waals surface area contributed by atoms with E-state index < -0.39 is 5.51 Å². The van der Waals surface area contributed by atoms with Crippen molar-refractivity contribution in [2.24, 2.45) is 0 Å². The maximum Gasteiger partial charge on any atom is 0.446 e. The molecule has 0 aliphatic carbocycles. The van der Waals surface area contributed by atoms with E-state index in [0.717, 1.165) is 37.4 Å². The fraction of sp³-hybridized carbons (Fsp3) is 0.455.